The van der Waals surface area contributed by atoms with Crippen molar-refractivity contribution in [2.24, 2.45) is 0 Å². The number of esters is 1. The highest BCUT2D eigenvalue weighted by molar-refractivity contribution is 5.75. The average Bonchev–Trinajstić information content (AvgIpc) is 2.31. The van der Waals surface area contributed by atoms with Crippen LogP contribution in [0, 0.1) is 0 Å². The zero-order chi connectivity index (χ0) is 12.7. The maximum atomic E-state index is 11.0. The van der Waals surface area contributed by atoms with Crippen molar-refractivity contribution < 1.29 is 34.8 Å². The minimum Gasteiger partial charge on any atom is -0.459 e. The zero-order valence-corrected chi connectivity index (χ0v) is 8.39. The van der Waals surface area contributed by atoms with E-state index in [4.69, 9.17) is 10.2 Å². The molecule has 4 N–H and O–H groups in total. The summed E-state index contributed by atoms with van der Waals surface area (Å²) in [6, 6.07) is 0. The summed E-state index contributed by atoms with van der Waals surface area (Å²) >= 11 is 0. The number of hydrogen-bond donors (Lipinski definition) is 4. The van der Waals surface area contributed by atoms with E-state index in [0.717, 1.165) is 0 Å². The van der Waals surface area contributed by atoms with E-state index in [0.29, 0.717) is 0 Å². The van der Waals surface area contributed by atoms with Crippen LogP contribution >= 0.6 is 0 Å². The third-order valence-corrected chi connectivity index (χ3v) is 1.75. The zero-order valence-electron chi connectivity index (χ0n) is 8.39. The van der Waals surface area contributed by atoms with Gasteiger partial charge in [0, 0.05) is 0 Å². The molecule has 0 spiro atoms. The van der Waals surface area contributed by atoms with Crippen LogP contribution in [0.3, 0.4) is 0 Å². The number of rotatable bonds is 7. The first-order valence-corrected chi connectivity index (χ1v) is 4.40. The van der Waals surface area contributed by atoms with E-state index in [9.17, 15) is 19.8 Å². The number of carbonyl (C=O) groups is 2. The molecule has 4 atom stereocenters. The summed E-state index contributed by atoms with van der Waals surface area (Å²) in [4.78, 5) is 21.1. The fourth-order valence-corrected chi connectivity index (χ4v) is 0.835. The van der Waals surface area contributed by atoms with Crippen molar-refractivity contribution in [1.82, 2.24) is 0 Å². The van der Waals surface area contributed by atoms with Gasteiger partial charge < -0.3 is 30.0 Å². The second-order valence-electron chi connectivity index (χ2n) is 2.97. The van der Waals surface area contributed by atoms with Crippen LogP contribution in [-0.2, 0) is 14.3 Å². The summed E-state index contributed by atoms with van der Waals surface area (Å²) in [5.41, 5.74) is 0. The molecule has 0 aromatic heterocycles. The van der Waals surface area contributed by atoms with Gasteiger partial charge in [0.15, 0.2) is 12.4 Å². The SMILES string of the molecule is C=CCOC(=O)[C@@H](O)[C@@H](O)[C@H](O)[C@@H](O)C=O. The van der Waals surface area contributed by atoms with Crippen LogP contribution in [0.4, 0.5) is 0 Å². The van der Waals surface area contributed by atoms with E-state index in [1.165, 1.54) is 6.08 Å². The Hall–Kier alpha value is -1.28. The topological polar surface area (TPSA) is 124 Å². The molecule has 0 fully saturated rings. The number of hydrogen-bond acceptors (Lipinski definition) is 7. The molecule has 0 saturated carbocycles. The fraction of sp³-hybridized carbons (Fsp3) is 0.556. The standard InChI is InChI=1S/C9H14O7/c1-2-3-16-9(15)8(14)7(13)6(12)5(11)4-10/h2,4-8,11-14H,1,3H2/t5-,6+,7-,8-/m0/s1. The maximum Gasteiger partial charge on any atom is 0.338 e. The minimum atomic E-state index is -2.05. The highest BCUT2D eigenvalue weighted by Gasteiger charge is 2.35. The molecular formula is C9H14O7. The number of aliphatic hydroxyl groups is 4. The Bertz CT molecular complexity index is 252. The molecule has 0 amide bonds. The molecule has 0 aromatic rings. The third kappa shape index (κ3) is 4.07. The van der Waals surface area contributed by atoms with Crippen molar-refractivity contribution in [1.29, 1.82) is 0 Å². The van der Waals surface area contributed by atoms with Gasteiger partial charge in [-0.1, -0.05) is 12.7 Å². The molecule has 0 saturated heterocycles. The Labute approximate surface area is 91.6 Å². The van der Waals surface area contributed by atoms with Crippen molar-refractivity contribution in [3.8, 4) is 0 Å². The van der Waals surface area contributed by atoms with Crippen LogP contribution in [0.25, 0.3) is 0 Å². The van der Waals surface area contributed by atoms with E-state index in [2.05, 4.69) is 11.3 Å². The van der Waals surface area contributed by atoms with Crippen LogP contribution in [0.2, 0.25) is 0 Å². The van der Waals surface area contributed by atoms with Gasteiger partial charge in [-0.2, -0.15) is 0 Å². The lowest BCUT2D eigenvalue weighted by molar-refractivity contribution is -0.168. The Balaban J connectivity index is 4.35. The number of ether oxygens (including phenoxy) is 1. The Morgan fingerprint density at radius 1 is 1.25 bits per heavy atom. The average molecular weight is 234 g/mol. The number of aliphatic hydroxyl groups excluding tert-OH is 4. The van der Waals surface area contributed by atoms with Crippen molar-refractivity contribution >= 4 is 12.3 Å². The van der Waals surface area contributed by atoms with Gasteiger partial charge in [0.1, 0.15) is 24.9 Å². The van der Waals surface area contributed by atoms with E-state index < -0.39 is 30.4 Å². The first kappa shape index (κ1) is 14.7. The molecule has 0 radical (unpaired) electrons. The van der Waals surface area contributed by atoms with Gasteiger partial charge >= 0.3 is 5.97 Å². The monoisotopic (exact) mass is 234 g/mol. The Kier molecular flexibility index (Phi) is 6.50. The van der Waals surface area contributed by atoms with E-state index >= 15 is 0 Å². The predicted octanol–water partition coefficient (Wildman–Crippen LogP) is -2.64. The first-order valence-electron chi connectivity index (χ1n) is 4.40. The summed E-state index contributed by atoms with van der Waals surface area (Å²) in [6.45, 7) is 3.08. The molecule has 0 unspecified atom stereocenters. The van der Waals surface area contributed by atoms with Crippen LogP contribution < -0.4 is 0 Å². The molecule has 0 aliphatic rings. The molecular weight excluding hydrogens is 220 g/mol. The maximum absolute atomic E-state index is 11.0. The highest BCUT2D eigenvalue weighted by atomic mass is 16.5. The molecule has 7 heteroatoms. The van der Waals surface area contributed by atoms with Gasteiger partial charge in [-0.25, -0.2) is 4.79 Å². The molecule has 0 bridgehead atoms. The summed E-state index contributed by atoms with van der Waals surface area (Å²) in [7, 11) is 0. The minimum absolute atomic E-state index is 0.0321. The molecule has 92 valence electrons. The lowest BCUT2D eigenvalue weighted by atomic mass is 10.0. The van der Waals surface area contributed by atoms with Crippen molar-refractivity contribution in [3.63, 3.8) is 0 Å². The quantitative estimate of drug-likeness (QED) is 0.215. The molecule has 16 heavy (non-hydrogen) atoms. The normalized spacial score (nSPS) is 18.0. The molecule has 0 aliphatic heterocycles. The lowest BCUT2D eigenvalue weighted by Crippen LogP contribution is -2.48. The summed E-state index contributed by atoms with van der Waals surface area (Å²) in [5.74, 6) is -1.19. The number of aldehydes is 1. The largest absolute Gasteiger partial charge is 0.459 e. The smallest absolute Gasteiger partial charge is 0.338 e. The van der Waals surface area contributed by atoms with E-state index in [-0.39, 0.29) is 12.9 Å². The van der Waals surface area contributed by atoms with Crippen LogP contribution in [0.15, 0.2) is 12.7 Å². The Morgan fingerprint density at radius 2 is 1.81 bits per heavy atom. The molecule has 0 heterocycles. The van der Waals surface area contributed by atoms with Crippen LogP contribution in [0.5, 0.6) is 0 Å². The second kappa shape index (κ2) is 7.07. The summed E-state index contributed by atoms with van der Waals surface area (Å²) < 4.78 is 4.39. The highest BCUT2D eigenvalue weighted by Crippen LogP contribution is 2.05. The van der Waals surface area contributed by atoms with E-state index in [1.807, 2.05) is 0 Å². The van der Waals surface area contributed by atoms with E-state index in [1.54, 1.807) is 0 Å². The van der Waals surface area contributed by atoms with Gasteiger partial charge in [-0.15, -0.1) is 0 Å². The Morgan fingerprint density at radius 3 is 2.25 bits per heavy atom. The molecule has 0 aromatic carbocycles. The predicted molar refractivity (Wildman–Crippen MR) is 51.2 cm³/mol. The van der Waals surface area contributed by atoms with Crippen molar-refractivity contribution in [3.05, 3.63) is 12.7 Å². The van der Waals surface area contributed by atoms with Gasteiger partial charge in [-0.05, 0) is 0 Å². The van der Waals surface area contributed by atoms with Gasteiger partial charge in [0.05, 0.1) is 0 Å². The van der Waals surface area contributed by atoms with Crippen LogP contribution in [-0.4, -0.2) is 63.7 Å². The molecule has 7 nitrogen and oxygen atoms in total. The van der Waals surface area contributed by atoms with Gasteiger partial charge in [-0.3, -0.25) is 0 Å². The van der Waals surface area contributed by atoms with Gasteiger partial charge in [0.2, 0.25) is 0 Å². The molecule has 0 aliphatic carbocycles. The number of carbonyl (C=O) groups excluding carboxylic acids is 2. The van der Waals surface area contributed by atoms with Crippen molar-refractivity contribution in [2.75, 3.05) is 6.61 Å². The molecule has 0 rings (SSSR count). The van der Waals surface area contributed by atoms with Crippen LogP contribution in [0.1, 0.15) is 0 Å². The van der Waals surface area contributed by atoms with Crippen molar-refractivity contribution in [2.45, 2.75) is 24.4 Å². The fourth-order valence-electron chi connectivity index (χ4n) is 0.835. The first-order chi connectivity index (χ1) is 7.45. The second-order valence-corrected chi connectivity index (χ2v) is 2.97. The van der Waals surface area contributed by atoms with Gasteiger partial charge in [0.25, 0.3) is 0 Å². The summed E-state index contributed by atoms with van der Waals surface area (Å²) in [6.07, 6.45) is -6.72. The lowest BCUT2D eigenvalue weighted by Gasteiger charge is -2.22. The summed E-state index contributed by atoms with van der Waals surface area (Å²) in [5, 5.41) is 36.4. The third-order valence-electron chi connectivity index (χ3n) is 1.75.